The van der Waals surface area contributed by atoms with Crippen LogP contribution in [-0.4, -0.2) is 21.6 Å². The van der Waals surface area contributed by atoms with Crippen molar-refractivity contribution in [3.63, 3.8) is 0 Å². The Kier molecular flexibility index (Phi) is 5.02. The van der Waals surface area contributed by atoms with E-state index in [1.807, 2.05) is 6.92 Å². The van der Waals surface area contributed by atoms with Crippen molar-refractivity contribution >= 4 is 44.9 Å². The van der Waals surface area contributed by atoms with E-state index < -0.39 is 0 Å². The molecule has 0 fully saturated rings. The molecule has 0 spiro atoms. The van der Waals surface area contributed by atoms with Crippen LogP contribution < -0.4 is 5.32 Å². The first kappa shape index (κ1) is 17.4. The number of hydrogen-bond acceptors (Lipinski definition) is 6. The molecule has 2 aromatic heterocycles. The predicted molar refractivity (Wildman–Crippen MR) is 102 cm³/mol. The second-order valence-electron chi connectivity index (χ2n) is 5.53. The molecule has 3 rings (SSSR count). The Labute approximate surface area is 154 Å². The Morgan fingerprint density at radius 3 is 2.80 bits per heavy atom. The number of amides is 1. The largest absolute Gasteiger partial charge is 0.324 e. The molecule has 0 aliphatic heterocycles. The lowest BCUT2D eigenvalue weighted by Gasteiger charge is -2.07. The summed E-state index contributed by atoms with van der Waals surface area (Å²) in [6.07, 6.45) is 0. The molecule has 0 atom stereocenters. The van der Waals surface area contributed by atoms with E-state index in [1.54, 1.807) is 35.6 Å². The Bertz CT molecular complexity index is 1000. The molecule has 2 heterocycles. The maximum absolute atomic E-state index is 12.3. The minimum absolute atomic E-state index is 0.165. The van der Waals surface area contributed by atoms with Gasteiger partial charge in [0.25, 0.3) is 0 Å². The molecule has 126 valence electrons. The molecule has 0 unspecified atom stereocenters. The zero-order valence-corrected chi connectivity index (χ0v) is 15.7. The number of hydrogen-bond donors (Lipinski definition) is 1. The number of carbonyl (C=O) groups excluding carboxylic acids is 1. The molecule has 1 amide bonds. The molecule has 5 nitrogen and oxygen atoms in total. The summed E-state index contributed by atoms with van der Waals surface area (Å²) in [5.74, 6) is 0.757. The smallest absolute Gasteiger partial charge is 0.234 e. The number of rotatable bonds is 4. The normalized spacial score (nSPS) is 10.6. The molecule has 3 aromatic rings. The van der Waals surface area contributed by atoms with Gasteiger partial charge in [-0.05, 0) is 38.5 Å². The van der Waals surface area contributed by atoms with Gasteiger partial charge in [-0.15, -0.1) is 11.3 Å². The van der Waals surface area contributed by atoms with Gasteiger partial charge < -0.3 is 5.32 Å². The van der Waals surface area contributed by atoms with Crippen LogP contribution in [0.25, 0.3) is 10.2 Å². The highest BCUT2D eigenvalue weighted by Crippen LogP contribution is 2.35. The van der Waals surface area contributed by atoms with E-state index in [-0.39, 0.29) is 11.7 Å². The lowest BCUT2D eigenvalue weighted by Crippen LogP contribution is -2.15. The fourth-order valence-electron chi connectivity index (χ4n) is 2.43. The van der Waals surface area contributed by atoms with Gasteiger partial charge in [-0.25, -0.2) is 9.97 Å². The summed E-state index contributed by atoms with van der Waals surface area (Å²) in [4.78, 5) is 23.5. The van der Waals surface area contributed by atoms with Crippen molar-refractivity contribution in [2.24, 2.45) is 0 Å². The first-order chi connectivity index (χ1) is 12.0. The third-order valence-corrected chi connectivity index (χ3v) is 5.85. The molecular formula is C18H16N4OS2. The van der Waals surface area contributed by atoms with Gasteiger partial charge in [0.15, 0.2) is 0 Å². The second-order valence-corrected chi connectivity index (χ2v) is 7.70. The second kappa shape index (κ2) is 7.21. The first-order valence-electron chi connectivity index (χ1n) is 7.65. The number of para-hydroxylation sites is 1. The highest BCUT2D eigenvalue weighted by atomic mass is 32.2. The Hall–Kier alpha value is -2.43. The number of carbonyl (C=O) groups is 1. The standard InChI is InChI=1S/C18H16N4OS2/c1-10-11(2)25-18-16(10)17(20-12(3)21-18)24-9-15(23)22-14-7-5-4-6-13(14)8-19/h4-7H,9H2,1-3H3,(H,22,23). The minimum Gasteiger partial charge on any atom is -0.324 e. The van der Waals surface area contributed by atoms with E-state index >= 15 is 0 Å². The van der Waals surface area contributed by atoms with Crippen LogP contribution in [0.4, 0.5) is 5.69 Å². The van der Waals surface area contributed by atoms with Gasteiger partial charge in [0.2, 0.25) is 5.91 Å². The molecule has 1 aromatic carbocycles. The Balaban J connectivity index is 1.79. The first-order valence-corrected chi connectivity index (χ1v) is 9.46. The fourth-order valence-corrected chi connectivity index (χ4v) is 4.50. The number of anilines is 1. The highest BCUT2D eigenvalue weighted by molar-refractivity contribution is 8.00. The summed E-state index contributed by atoms with van der Waals surface area (Å²) in [6.45, 7) is 5.98. The number of aryl methyl sites for hydroxylation is 3. The number of thioether (sulfide) groups is 1. The third-order valence-electron chi connectivity index (χ3n) is 3.77. The molecule has 0 aliphatic rings. The number of aromatic nitrogens is 2. The van der Waals surface area contributed by atoms with Crippen molar-refractivity contribution in [2.75, 3.05) is 11.1 Å². The number of nitrogens with zero attached hydrogens (tertiary/aromatic N) is 3. The summed E-state index contributed by atoms with van der Waals surface area (Å²) >= 11 is 3.04. The van der Waals surface area contributed by atoms with E-state index in [0.29, 0.717) is 17.1 Å². The summed E-state index contributed by atoms with van der Waals surface area (Å²) in [5.41, 5.74) is 2.14. The van der Waals surface area contributed by atoms with Gasteiger partial charge in [-0.3, -0.25) is 4.79 Å². The number of thiophene rings is 1. The van der Waals surface area contributed by atoms with Crippen molar-refractivity contribution in [1.82, 2.24) is 9.97 Å². The van der Waals surface area contributed by atoms with Crippen LogP contribution in [0.1, 0.15) is 21.8 Å². The fraction of sp³-hybridized carbons (Fsp3) is 0.222. The minimum atomic E-state index is -0.165. The number of nitriles is 1. The van der Waals surface area contributed by atoms with Crippen LogP contribution in [0.15, 0.2) is 29.3 Å². The quantitative estimate of drug-likeness (QED) is 0.551. The number of benzene rings is 1. The number of nitrogens with one attached hydrogen (secondary N) is 1. The van der Waals surface area contributed by atoms with Crippen molar-refractivity contribution in [3.8, 4) is 6.07 Å². The van der Waals surface area contributed by atoms with E-state index in [1.165, 1.54) is 16.6 Å². The van der Waals surface area contributed by atoms with Crippen molar-refractivity contribution < 1.29 is 4.79 Å². The maximum Gasteiger partial charge on any atom is 0.234 e. The van der Waals surface area contributed by atoms with Crippen molar-refractivity contribution in [2.45, 2.75) is 25.8 Å². The summed E-state index contributed by atoms with van der Waals surface area (Å²) in [7, 11) is 0. The molecule has 0 radical (unpaired) electrons. The van der Waals surface area contributed by atoms with Gasteiger partial charge in [-0.1, -0.05) is 23.9 Å². The van der Waals surface area contributed by atoms with Gasteiger partial charge in [-0.2, -0.15) is 5.26 Å². The molecule has 0 bridgehead atoms. The number of fused-ring (bicyclic) bond motifs is 1. The molecule has 0 saturated carbocycles. The lowest BCUT2D eigenvalue weighted by molar-refractivity contribution is -0.113. The average Bonchev–Trinajstić information content (AvgIpc) is 2.87. The van der Waals surface area contributed by atoms with Crippen LogP contribution in [0, 0.1) is 32.1 Å². The van der Waals surface area contributed by atoms with Gasteiger partial charge in [0.05, 0.1) is 17.0 Å². The van der Waals surface area contributed by atoms with Crippen LogP contribution in [0.5, 0.6) is 0 Å². The zero-order chi connectivity index (χ0) is 18.0. The topological polar surface area (TPSA) is 78.7 Å². The van der Waals surface area contributed by atoms with Crippen LogP contribution in [0.3, 0.4) is 0 Å². The zero-order valence-electron chi connectivity index (χ0n) is 14.1. The average molecular weight is 368 g/mol. The monoisotopic (exact) mass is 368 g/mol. The molecule has 0 saturated heterocycles. The van der Waals surface area contributed by atoms with E-state index in [9.17, 15) is 4.79 Å². The van der Waals surface area contributed by atoms with Gasteiger partial charge in [0.1, 0.15) is 21.7 Å². The van der Waals surface area contributed by atoms with E-state index in [0.717, 1.165) is 20.8 Å². The SMILES string of the molecule is Cc1nc(SCC(=O)Nc2ccccc2C#N)c2c(C)c(C)sc2n1. The Morgan fingerprint density at radius 1 is 1.28 bits per heavy atom. The molecule has 0 aliphatic carbocycles. The molecule has 25 heavy (non-hydrogen) atoms. The van der Waals surface area contributed by atoms with E-state index in [4.69, 9.17) is 5.26 Å². The molecule has 1 N–H and O–H groups in total. The van der Waals surface area contributed by atoms with Gasteiger partial charge >= 0.3 is 0 Å². The van der Waals surface area contributed by atoms with Crippen molar-refractivity contribution in [3.05, 3.63) is 46.1 Å². The lowest BCUT2D eigenvalue weighted by atomic mass is 10.2. The van der Waals surface area contributed by atoms with Crippen LogP contribution in [-0.2, 0) is 4.79 Å². The predicted octanol–water partition coefficient (Wildman–Crippen LogP) is 4.22. The summed E-state index contributed by atoms with van der Waals surface area (Å²) in [5, 5.41) is 13.7. The maximum atomic E-state index is 12.3. The van der Waals surface area contributed by atoms with Crippen LogP contribution >= 0.6 is 23.1 Å². The van der Waals surface area contributed by atoms with E-state index in [2.05, 4.69) is 35.2 Å². The van der Waals surface area contributed by atoms with Crippen LogP contribution in [0.2, 0.25) is 0 Å². The highest BCUT2D eigenvalue weighted by Gasteiger charge is 2.15. The summed E-state index contributed by atoms with van der Waals surface area (Å²) in [6, 6.07) is 9.04. The summed E-state index contributed by atoms with van der Waals surface area (Å²) < 4.78 is 0. The molecule has 7 heteroatoms. The van der Waals surface area contributed by atoms with Gasteiger partial charge in [0, 0.05) is 10.3 Å². The molecular weight excluding hydrogens is 352 g/mol. The van der Waals surface area contributed by atoms with Crippen molar-refractivity contribution in [1.29, 1.82) is 5.26 Å². The third kappa shape index (κ3) is 3.65. The Morgan fingerprint density at radius 2 is 2.04 bits per heavy atom.